The van der Waals surface area contributed by atoms with Gasteiger partial charge >= 0.3 is 0 Å². The van der Waals surface area contributed by atoms with Crippen molar-refractivity contribution in [1.82, 2.24) is 0 Å². The smallest absolute Gasteiger partial charge is 0.242 e. The first-order chi connectivity index (χ1) is 11.4. The lowest BCUT2D eigenvalue weighted by molar-refractivity contribution is -0.116. The maximum atomic E-state index is 12.7. The highest BCUT2D eigenvalue weighted by atomic mass is 32.2. The van der Waals surface area contributed by atoms with Crippen LogP contribution in [0, 0.1) is 0 Å². The number of hydrogen-bond donors (Lipinski definition) is 0. The molecule has 0 unspecified atom stereocenters. The molecule has 1 atom stereocenters. The first-order valence-electron chi connectivity index (χ1n) is 7.69. The van der Waals surface area contributed by atoms with Crippen LogP contribution in [0.25, 0.3) is 0 Å². The Morgan fingerprint density at radius 3 is 2.71 bits per heavy atom. The number of sulfone groups is 1. The Hall–Kier alpha value is -2.34. The maximum Gasteiger partial charge on any atom is 0.242 e. The van der Waals surface area contributed by atoms with Gasteiger partial charge in [0.1, 0.15) is 11.5 Å². The highest BCUT2D eigenvalue weighted by Gasteiger charge is 2.33. The highest BCUT2D eigenvalue weighted by molar-refractivity contribution is 7.92. The van der Waals surface area contributed by atoms with Gasteiger partial charge in [0.15, 0.2) is 9.84 Å². The van der Waals surface area contributed by atoms with Crippen LogP contribution in [0.3, 0.4) is 0 Å². The van der Waals surface area contributed by atoms with Crippen LogP contribution in [0.1, 0.15) is 12.5 Å². The van der Waals surface area contributed by atoms with Crippen molar-refractivity contribution in [3.05, 3.63) is 54.1 Å². The molecule has 0 saturated heterocycles. The maximum absolute atomic E-state index is 12.7. The first kappa shape index (κ1) is 16.5. The summed E-state index contributed by atoms with van der Waals surface area (Å²) in [5.41, 5.74) is 1.87. The molecular weight excluding hydrogens is 326 g/mol. The third-order valence-electron chi connectivity index (χ3n) is 4.19. The quantitative estimate of drug-likeness (QED) is 0.854. The van der Waals surface area contributed by atoms with Crippen LogP contribution in [-0.4, -0.2) is 33.2 Å². The van der Waals surface area contributed by atoms with Crippen LogP contribution in [0.2, 0.25) is 0 Å². The number of methoxy groups -OCH3 is 1. The van der Waals surface area contributed by atoms with Crippen molar-refractivity contribution in [2.75, 3.05) is 17.8 Å². The second kappa shape index (κ2) is 6.28. The van der Waals surface area contributed by atoms with E-state index >= 15 is 0 Å². The fourth-order valence-corrected chi connectivity index (χ4v) is 4.27. The molecule has 2 aromatic carbocycles. The van der Waals surface area contributed by atoms with Crippen LogP contribution in [0.4, 0.5) is 5.69 Å². The first-order valence-corrected chi connectivity index (χ1v) is 9.34. The molecule has 0 saturated carbocycles. The van der Waals surface area contributed by atoms with Gasteiger partial charge in [-0.3, -0.25) is 4.79 Å². The summed E-state index contributed by atoms with van der Waals surface area (Å²) in [6, 6.07) is 13.7. The molecule has 0 bridgehead atoms. The van der Waals surface area contributed by atoms with Gasteiger partial charge in [0.2, 0.25) is 5.91 Å². The monoisotopic (exact) mass is 345 g/mol. The Labute approximate surface area is 141 Å². The molecule has 2 aromatic rings. The van der Waals surface area contributed by atoms with Crippen molar-refractivity contribution in [2.24, 2.45) is 0 Å². The van der Waals surface area contributed by atoms with Gasteiger partial charge in [-0.1, -0.05) is 24.3 Å². The molecule has 5 nitrogen and oxygen atoms in total. The molecule has 1 aliphatic rings. The average molecular weight is 345 g/mol. The van der Waals surface area contributed by atoms with Crippen molar-refractivity contribution in [3.63, 3.8) is 0 Å². The molecular formula is C18H19NO4S. The fraction of sp³-hybridized carbons (Fsp3) is 0.278. The Kier molecular flexibility index (Phi) is 4.32. The van der Waals surface area contributed by atoms with E-state index in [2.05, 4.69) is 0 Å². The molecule has 0 aliphatic carbocycles. The van der Waals surface area contributed by atoms with Gasteiger partial charge in [-0.15, -0.1) is 0 Å². The number of carbonyl (C=O) groups is 1. The molecule has 0 aromatic heterocycles. The van der Waals surface area contributed by atoms with Crippen LogP contribution in [0.5, 0.6) is 5.75 Å². The minimum absolute atomic E-state index is 0.0459. The summed E-state index contributed by atoms with van der Waals surface area (Å²) in [6.45, 7) is 1.93. The number of carbonyl (C=O) groups excluding carboxylic acids is 1. The van der Waals surface area contributed by atoms with Crippen molar-refractivity contribution < 1.29 is 17.9 Å². The van der Waals surface area contributed by atoms with Gasteiger partial charge in [0.05, 0.1) is 12.0 Å². The van der Waals surface area contributed by atoms with E-state index in [9.17, 15) is 13.2 Å². The minimum Gasteiger partial charge on any atom is -0.497 e. The topological polar surface area (TPSA) is 63.7 Å². The predicted octanol–water partition coefficient (Wildman–Crippen LogP) is 2.45. The Morgan fingerprint density at radius 1 is 1.21 bits per heavy atom. The van der Waals surface area contributed by atoms with Gasteiger partial charge in [0.25, 0.3) is 0 Å². The molecule has 0 spiro atoms. The number of rotatable bonds is 4. The van der Waals surface area contributed by atoms with E-state index < -0.39 is 21.5 Å². The zero-order valence-electron chi connectivity index (χ0n) is 13.6. The van der Waals surface area contributed by atoms with Crippen LogP contribution < -0.4 is 9.64 Å². The minimum atomic E-state index is -3.73. The summed E-state index contributed by atoms with van der Waals surface area (Å²) in [5.74, 6) is -0.516. The number of anilines is 1. The molecule has 0 radical (unpaired) electrons. The molecule has 1 amide bonds. The summed E-state index contributed by atoms with van der Waals surface area (Å²) in [7, 11) is -2.25. The van der Waals surface area contributed by atoms with Gasteiger partial charge < -0.3 is 9.64 Å². The third kappa shape index (κ3) is 3.01. The van der Waals surface area contributed by atoms with Crippen LogP contribution in [-0.2, 0) is 21.1 Å². The van der Waals surface area contributed by atoms with Crippen LogP contribution >= 0.6 is 0 Å². The molecule has 126 valence electrons. The summed E-state index contributed by atoms with van der Waals surface area (Å²) < 4.78 is 30.2. The number of benzene rings is 2. The fourth-order valence-electron chi connectivity index (χ4n) is 3.06. The Bertz CT molecular complexity index is 876. The van der Waals surface area contributed by atoms with Gasteiger partial charge in [-0.2, -0.15) is 0 Å². The Morgan fingerprint density at radius 2 is 1.96 bits per heavy atom. The number of fused-ring (bicyclic) bond motifs is 1. The second-order valence-corrected chi connectivity index (χ2v) is 7.87. The number of para-hydroxylation sites is 1. The number of amides is 1. The van der Waals surface area contributed by atoms with Crippen molar-refractivity contribution in [1.29, 1.82) is 0 Å². The molecule has 6 heteroatoms. The van der Waals surface area contributed by atoms with Gasteiger partial charge in [0, 0.05) is 11.7 Å². The number of hydrogen-bond acceptors (Lipinski definition) is 4. The van der Waals surface area contributed by atoms with E-state index in [1.165, 1.54) is 19.2 Å². The lowest BCUT2D eigenvalue weighted by Crippen LogP contribution is -2.39. The lowest BCUT2D eigenvalue weighted by atomic mass is 10.1. The summed E-state index contributed by atoms with van der Waals surface area (Å²) in [4.78, 5) is 14.4. The van der Waals surface area contributed by atoms with Crippen molar-refractivity contribution in [3.8, 4) is 5.75 Å². The van der Waals surface area contributed by atoms with E-state index in [1.54, 1.807) is 17.0 Å². The summed E-state index contributed by atoms with van der Waals surface area (Å²) in [6.07, 6.45) is 0.737. The normalized spacial score (nSPS) is 16.8. The predicted molar refractivity (Wildman–Crippen MR) is 92.1 cm³/mol. The molecule has 24 heavy (non-hydrogen) atoms. The molecule has 1 aliphatic heterocycles. The number of nitrogens with zero attached hydrogens (tertiary/aromatic N) is 1. The number of ether oxygens (including phenoxy) is 1. The van der Waals surface area contributed by atoms with E-state index in [1.807, 2.05) is 31.2 Å². The van der Waals surface area contributed by atoms with E-state index in [0.717, 1.165) is 17.7 Å². The van der Waals surface area contributed by atoms with E-state index in [4.69, 9.17) is 4.74 Å². The van der Waals surface area contributed by atoms with E-state index in [0.29, 0.717) is 5.75 Å². The largest absolute Gasteiger partial charge is 0.497 e. The van der Waals surface area contributed by atoms with Crippen LogP contribution in [0.15, 0.2) is 53.4 Å². The third-order valence-corrected chi connectivity index (χ3v) is 5.79. The van der Waals surface area contributed by atoms with Crippen molar-refractivity contribution in [2.45, 2.75) is 24.3 Å². The summed E-state index contributed by atoms with van der Waals surface area (Å²) in [5, 5.41) is 0. The SMILES string of the molecule is COc1cccc(S(=O)(=O)CC(=O)N2c3ccccc3C[C@H]2C)c1. The molecule has 1 heterocycles. The zero-order valence-corrected chi connectivity index (χ0v) is 14.4. The summed E-state index contributed by atoms with van der Waals surface area (Å²) >= 11 is 0. The molecule has 0 N–H and O–H groups in total. The highest BCUT2D eigenvalue weighted by Crippen LogP contribution is 2.32. The van der Waals surface area contributed by atoms with Gasteiger partial charge in [-0.05, 0) is 43.2 Å². The lowest BCUT2D eigenvalue weighted by Gasteiger charge is -2.22. The zero-order chi connectivity index (χ0) is 17.3. The van der Waals surface area contributed by atoms with Crippen molar-refractivity contribution >= 4 is 21.4 Å². The van der Waals surface area contributed by atoms with Gasteiger partial charge in [-0.25, -0.2) is 8.42 Å². The molecule has 0 fully saturated rings. The second-order valence-electron chi connectivity index (χ2n) is 5.88. The molecule has 3 rings (SSSR count). The Balaban J connectivity index is 1.86. The average Bonchev–Trinajstić information content (AvgIpc) is 2.90. The standard InChI is InChI=1S/C18H19NO4S/c1-13-10-14-6-3-4-9-17(14)19(13)18(20)12-24(21,22)16-8-5-7-15(11-16)23-2/h3-9,11,13H,10,12H2,1-2H3/t13-/m1/s1. The van der Waals surface area contributed by atoms with E-state index in [-0.39, 0.29) is 10.9 Å².